The number of nitrogens with two attached hydrogens (primary N) is 1. The number of nitrogens with zero attached hydrogens (tertiary/aromatic N) is 1. The monoisotopic (exact) mass is 212 g/mol. The van der Waals surface area contributed by atoms with Crippen molar-refractivity contribution in [3.05, 3.63) is 58.0 Å². The van der Waals surface area contributed by atoms with Gasteiger partial charge in [-0.1, -0.05) is 12.1 Å². The van der Waals surface area contributed by atoms with E-state index in [1.165, 1.54) is 16.7 Å². The smallest absolute Gasteiger partial charge is 0.255 e. The zero-order valence-corrected chi connectivity index (χ0v) is 8.31. The molecule has 0 fully saturated rings. The summed E-state index contributed by atoms with van der Waals surface area (Å²) in [6, 6.07) is 9.83. The molecular formula is C12H8N2O2. The van der Waals surface area contributed by atoms with Crippen molar-refractivity contribution in [2.24, 2.45) is 0 Å². The molecule has 1 aromatic heterocycles. The number of para-hydroxylation sites is 1. The highest BCUT2D eigenvalue weighted by atomic mass is 16.1. The second-order valence-electron chi connectivity index (χ2n) is 3.66. The van der Waals surface area contributed by atoms with E-state index in [-0.39, 0.29) is 17.0 Å². The number of fused-ring (bicyclic) bond motifs is 3. The minimum absolute atomic E-state index is 0.189. The molecule has 78 valence electrons. The summed E-state index contributed by atoms with van der Waals surface area (Å²) in [6.45, 7) is 0. The Morgan fingerprint density at radius 2 is 1.75 bits per heavy atom. The molecular weight excluding hydrogens is 204 g/mol. The molecule has 1 aliphatic heterocycles. The molecule has 4 heteroatoms. The van der Waals surface area contributed by atoms with Crippen LogP contribution in [0, 0.1) is 0 Å². The first-order chi connectivity index (χ1) is 7.70. The van der Waals surface area contributed by atoms with E-state index in [2.05, 4.69) is 0 Å². The summed E-state index contributed by atoms with van der Waals surface area (Å²) in [7, 11) is 0. The molecule has 1 aliphatic rings. The number of nitrogen functional groups attached to an aromatic ring is 1. The maximum absolute atomic E-state index is 12.0. The lowest BCUT2D eigenvalue weighted by molar-refractivity contribution is 0.104. The van der Waals surface area contributed by atoms with Gasteiger partial charge in [-0.25, -0.2) is 0 Å². The topological polar surface area (TPSA) is 65.1 Å². The Morgan fingerprint density at radius 3 is 2.56 bits per heavy atom. The van der Waals surface area contributed by atoms with Crippen molar-refractivity contribution in [3.8, 4) is 5.69 Å². The zero-order valence-electron chi connectivity index (χ0n) is 8.31. The van der Waals surface area contributed by atoms with E-state index in [0.717, 1.165) is 0 Å². The summed E-state index contributed by atoms with van der Waals surface area (Å²) in [5, 5.41) is 0. The first-order valence-corrected chi connectivity index (χ1v) is 4.86. The molecule has 16 heavy (non-hydrogen) atoms. The highest BCUT2D eigenvalue weighted by Gasteiger charge is 2.28. The van der Waals surface area contributed by atoms with E-state index >= 15 is 0 Å². The SMILES string of the molecule is Nc1ccc(=O)n2c1C(=O)c1ccccc1-2. The maximum atomic E-state index is 12.0. The van der Waals surface area contributed by atoms with E-state index in [9.17, 15) is 9.59 Å². The molecule has 0 saturated carbocycles. The van der Waals surface area contributed by atoms with E-state index in [1.54, 1.807) is 24.3 Å². The summed E-state index contributed by atoms with van der Waals surface area (Å²) < 4.78 is 1.37. The number of benzene rings is 1. The van der Waals surface area contributed by atoms with E-state index < -0.39 is 0 Å². The van der Waals surface area contributed by atoms with Gasteiger partial charge in [0, 0.05) is 11.6 Å². The first kappa shape index (κ1) is 8.91. The molecule has 0 amide bonds. The summed E-state index contributed by atoms with van der Waals surface area (Å²) >= 11 is 0. The van der Waals surface area contributed by atoms with Crippen molar-refractivity contribution in [1.82, 2.24) is 4.57 Å². The first-order valence-electron chi connectivity index (χ1n) is 4.86. The average molecular weight is 212 g/mol. The van der Waals surface area contributed by atoms with Crippen molar-refractivity contribution in [2.75, 3.05) is 5.73 Å². The van der Waals surface area contributed by atoms with Crippen LogP contribution in [-0.4, -0.2) is 10.4 Å². The van der Waals surface area contributed by atoms with Crippen molar-refractivity contribution in [2.45, 2.75) is 0 Å². The van der Waals surface area contributed by atoms with Gasteiger partial charge in [-0.3, -0.25) is 14.2 Å². The van der Waals surface area contributed by atoms with E-state index in [4.69, 9.17) is 5.73 Å². The Kier molecular flexibility index (Phi) is 1.57. The van der Waals surface area contributed by atoms with Crippen LogP contribution in [0.3, 0.4) is 0 Å². The Bertz CT molecular complexity index is 671. The van der Waals surface area contributed by atoms with Crippen LogP contribution in [0.25, 0.3) is 5.69 Å². The summed E-state index contributed by atoms with van der Waals surface area (Å²) in [5.74, 6) is -0.189. The van der Waals surface area contributed by atoms with Gasteiger partial charge in [0.1, 0.15) is 5.69 Å². The largest absolute Gasteiger partial charge is 0.397 e. The number of carbonyl (C=O) groups excluding carboxylic acids is 1. The number of pyridine rings is 1. The third-order valence-corrected chi connectivity index (χ3v) is 2.73. The summed E-state index contributed by atoms with van der Waals surface area (Å²) in [5.41, 5.74) is 7.24. The number of aromatic nitrogens is 1. The van der Waals surface area contributed by atoms with Crippen molar-refractivity contribution in [1.29, 1.82) is 0 Å². The average Bonchev–Trinajstić information content (AvgIpc) is 2.60. The fourth-order valence-electron chi connectivity index (χ4n) is 2.01. The molecule has 2 aromatic rings. The number of carbonyl (C=O) groups is 1. The Hall–Kier alpha value is -2.36. The van der Waals surface area contributed by atoms with Gasteiger partial charge < -0.3 is 5.73 Å². The molecule has 0 unspecified atom stereocenters. The van der Waals surface area contributed by atoms with Crippen LogP contribution in [0.2, 0.25) is 0 Å². The van der Waals surface area contributed by atoms with Crippen molar-refractivity contribution in [3.63, 3.8) is 0 Å². The molecule has 0 saturated heterocycles. The molecule has 0 radical (unpaired) electrons. The highest BCUT2D eigenvalue weighted by molar-refractivity contribution is 6.16. The van der Waals surface area contributed by atoms with Crippen molar-refractivity contribution < 1.29 is 4.79 Å². The fraction of sp³-hybridized carbons (Fsp3) is 0. The quantitative estimate of drug-likeness (QED) is 0.603. The lowest BCUT2D eigenvalue weighted by Gasteiger charge is -2.04. The fourth-order valence-corrected chi connectivity index (χ4v) is 2.01. The molecule has 0 atom stereocenters. The number of hydrogen-bond acceptors (Lipinski definition) is 3. The van der Waals surface area contributed by atoms with Gasteiger partial charge in [0.15, 0.2) is 0 Å². The molecule has 4 nitrogen and oxygen atoms in total. The minimum Gasteiger partial charge on any atom is -0.397 e. The van der Waals surface area contributed by atoms with Crippen LogP contribution < -0.4 is 11.3 Å². The van der Waals surface area contributed by atoms with Crippen LogP contribution in [0.4, 0.5) is 5.69 Å². The van der Waals surface area contributed by atoms with Gasteiger partial charge in [-0.15, -0.1) is 0 Å². The van der Waals surface area contributed by atoms with Gasteiger partial charge >= 0.3 is 0 Å². The molecule has 3 rings (SSSR count). The van der Waals surface area contributed by atoms with Crippen LogP contribution in [0.1, 0.15) is 16.1 Å². The van der Waals surface area contributed by atoms with E-state index in [0.29, 0.717) is 16.9 Å². The molecule has 2 N–H and O–H groups in total. The normalized spacial score (nSPS) is 12.4. The predicted octanol–water partition coefficient (Wildman–Crippen LogP) is 0.964. The molecule has 0 spiro atoms. The zero-order chi connectivity index (χ0) is 11.3. The van der Waals surface area contributed by atoms with E-state index in [1.807, 2.05) is 0 Å². The Labute approximate surface area is 90.9 Å². The molecule has 0 bridgehead atoms. The number of ketones is 1. The Balaban J connectivity index is 2.52. The summed E-state index contributed by atoms with van der Waals surface area (Å²) in [6.07, 6.45) is 0. The maximum Gasteiger partial charge on any atom is 0.255 e. The van der Waals surface area contributed by atoms with Gasteiger partial charge in [-0.2, -0.15) is 0 Å². The second-order valence-corrected chi connectivity index (χ2v) is 3.66. The molecule has 2 heterocycles. The predicted molar refractivity (Wildman–Crippen MR) is 59.9 cm³/mol. The van der Waals surface area contributed by atoms with Crippen LogP contribution in [0.15, 0.2) is 41.2 Å². The lowest BCUT2D eigenvalue weighted by atomic mass is 10.1. The number of anilines is 1. The molecule has 0 aliphatic carbocycles. The van der Waals surface area contributed by atoms with Crippen LogP contribution in [0.5, 0.6) is 0 Å². The third kappa shape index (κ3) is 0.930. The van der Waals surface area contributed by atoms with Crippen LogP contribution in [-0.2, 0) is 0 Å². The molecule has 1 aromatic carbocycles. The van der Waals surface area contributed by atoms with Crippen molar-refractivity contribution >= 4 is 11.5 Å². The highest BCUT2D eigenvalue weighted by Crippen LogP contribution is 2.28. The van der Waals surface area contributed by atoms with Gasteiger partial charge in [0.2, 0.25) is 5.78 Å². The Morgan fingerprint density at radius 1 is 1.00 bits per heavy atom. The lowest BCUT2D eigenvalue weighted by Crippen LogP contribution is -2.19. The van der Waals surface area contributed by atoms with Gasteiger partial charge in [0.25, 0.3) is 5.56 Å². The van der Waals surface area contributed by atoms with Gasteiger partial charge in [-0.05, 0) is 18.2 Å². The number of rotatable bonds is 0. The van der Waals surface area contributed by atoms with Gasteiger partial charge in [0.05, 0.1) is 11.4 Å². The second kappa shape index (κ2) is 2.82. The summed E-state index contributed by atoms with van der Waals surface area (Å²) in [4.78, 5) is 23.7. The van der Waals surface area contributed by atoms with Crippen LogP contribution >= 0.6 is 0 Å². The third-order valence-electron chi connectivity index (χ3n) is 2.73. The standard InChI is InChI=1S/C12H8N2O2/c13-8-5-6-10(15)14-9-4-2-1-3-7(9)12(16)11(8)14/h1-6H,13H2. The minimum atomic E-state index is -0.234. The number of hydrogen-bond donors (Lipinski definition) is 1.